The molecule has 2 aromatic carbocycles. The number of halogens is 1. The summed E-state index contributed by atoms with van der Waals surface area (Å²) in [5.74, 6) is -1.00. The number of nitrogens with zero attached hydrogens (tertiary/aromatic N) is 2. The number of hydrogen-bond acceptors (Lipinski definition) is 4. The number of amides is 2. The van der Waals surface area contributed by atoms with E-state index in [0.29, 0.717) is 36.2 Å². The van der Waals surface area contributed by atoms with Crippen LogP contribution >= 0.6 is 11.6 Å². The van der Waals surface area contributed by atoms with Gasteiger partial charge in [-0.25, -0.2) is 0 Å². The predicted molar refractivity (Wildman–Crippen MR) is 93.1 cm³/mol. The minimum Gasteiger partial charge on any atom is -0.366 e. The average Bonchev–Trinajstić information content (AvgIpc) is 2.60. The molecule has 0 aliphatic carbocycles. The van der Waals surface area contributed by atoms with Crippen LogP contribution in [-0.2, 0) is 6.42 Å². The molecule has 0 fully saturated rings. The maximum absolute atomic E-state index is 12.9. The Balaban J connectivity index is 2.07. The number of anilines is 1. The van der Waals surface area contributed by atoms with Crippen LogP contribution in [0.1, 0.15) is 32.7 Å². The second-order valence-corrected chi connectivity index (χ2v) is 6.06. The van der Waals surface area contributed by atoms with Gasteiger partial charge < -0.3 is 10.6 Å². The summed E-state index contributed by atoms with van der Waals surface area (Å²) >= 11 is 6.08. The highest BCUT2D eigenvalue weighted by Gasteiger charge is 2.28. The van der Waals surface area contributed by atoms with Gasteiger partial charge in [0.1, 0.15) is 0 Å². The Morgan fingerprint density at radius 1 is 1.20 bits per heavy atom. The fourth-order valence-corrected chi connectivity index (χ4v) is 3.20. The van der Waals surface area contributed by atoms with E-state index in [2.05, 4.69) is 0 Å². The van der Waals surface area contributed by atoms with Crippen LogP contribution in [-0.4, -0.2) is 23.3 Å². The Bertz CT molecular complexity index is 897. The molecule has 1 aliphatic heterocycles. The molecule has 0 saturated carbocycles. The number of fused-ring (bicyclic) bond motifs is 1. The van der Waals surface area contributed by atoms with Crippen LogP contribution in [0.25, 0.3) is 0 Å². The van der Waals surface area contributed by atoms with Crippen molar-refractivity contribution in [1.82, 2.24) is 0 Å². The Morgan fingerprint density at radius 3 is 2.64 bits per heavy atom. The Morgan fingerprint density at radius 2 is 1.96 bits per heavy atom. The maximum Gasteiger partial charge on any atom is 0.270 e. The summed E-state index contributed by atoms with van der Waals surface area (Å²) in [5, 5.41) is 11.1. The highest BCUT2D eigenvalue weighted by Crippen LogP contribution is 2.32. The minimum absolute atomic E-state index is 0.0493. The summed E-state index contributed by atoms with van der Waals surface area (Å²) in [4.78, 5) is 36.4. The van der Waals surface area contributed by atoms with Crippen molar-refractivity contribution in [1.29, 1.82) is 0 Å². The van der Waals surface area contributed by atoms with Crippen LogP contribution in [0.15, 0.2) is 36.4 Å². The van der Waals surface area contributed by atoms with E-state index in [1.165, 1.54) is 17.0 Å². The first-order chi connectivity index (χ1) is 11.9. The number of benzene rings is 2. The van der Waals surface area contributed by atoms with Gasteiger partial charge in [0.25, 0.3) is 11.6 Å². The largest absolute Gasteiger partial charge is 0.366 e. The summed E-state index contributed by atoms with van der Waals surface area (Å²) in [6.45, 7) is 0.424. The van der Waals surface area contributed by atoms with Crippen LogP contribution in [0.3, 0.4) is 0 Å². The van der Waals surface area contributed by atoms with Crippen LogP contribution in [0, 0.1) is 10.1 Å². The zero-order chi connectivity index (χ0) is 18.1. The molecule has 1 heterocycles. The molecule has 0 bridgehead atoms. The third-order valence-electron chi connectivity index (χ3n) is 4.15. The number of hydrogen-bond donors (Lipinski definition) is 1. The monoisotopic (exact) mass is 359 g/mol. The highest BCUT2D eigenvalue weighted by atomic mass is 35.5. The molecule has 0 atom stereocenters. The van der Waals surface area contributed by atoms with E-state index in [-0.39, 0.29) is 16.3 Å². The normalized spacial score (nSPS) is 13.2. The van der Waals surface area contributed by atoms with Gasteiger partial charge in [0.2, 0.25) is 5.91 Å². The molecular formula is C17H14ClN3O4. The Labute approximate surface area is 148 Å². The van der Waals surface area contributed by atoms with Crippen molar-refractivity contribution in [3.8, 4) is 0 Å². The van der Waals surface area contributed by atoms with Gasteiger partial charge in [-0.15, -0.1) is 0 Å². The zero-order valence-electron chi connectivity index (χ0n) is 13.1. The van der Waals surface area contributed by atoms with E-state index in [4.69, 9.17) is 17.3 Å². The highest BCUT2D eigenvalue weighted by molar-refractivity contribution is 6.34. The lowest BCUT2D eigenvalue weighted by Crippen LogP contribution is -2.36. The summed E-state index contributed by atoms with van der Waals surface area (Å²) in [7, 11) is 0. The van der Waals surface area contributed by atoms with Crippen molar-refractivity contribution >= 4 is 34.8 Å². The molecule has 128 valence electrons. The molecule has 8 heteroatoms. The van der Waals surface area contributed by atoms with E-state index in [1.807, 2.05) is 0 Å². The number of carbonyl (C=O) groups excluding carboxylic acids is 2. The van der Waals surface area contributed by atoms with Gasteiger partial charge >= 0.3 is 0 Å². The molecule has 2 N–H and O–H groups in total. The molecule has 0 aromatic heterocycles. The van der Waals surface area contributed by atoms with Gasteiger partial charge in [-0.2, -0.15) is 0 Å². The zero-order valence-corrected chi connectivity index (χ0v) is 13.8. The molecule has 0 saturated heterocycles. The van der Waals surface area contributed by atoms with Crippen molar-refractivity contribution in [2.45, 2.75) is 12.8 Å². The van der Waals surface area contributed by atoms with Crippen LogP contribution in [0.5, 0.6) is 0 Å². The third kappa shape index (κ3) is 3.06. The molecule has 2 amide bonds. The Hall–Kier alpha value is -2.93. The number of primary amides is 1. The molecule has 3 rings (SSSR count). The molecular weight excluding hydrogens is 346 g/mol. The lowest BCUT2D eigenvalue weighted by Gasteiger charge is -2.30. The molecule has 2 aromatic rings. The fourth-order valence-electron chi connectivity index (χ4n) is 3.00. The van der Waals surface area contributed by atoms with Crippen LogP contribution in [0.2, 0.25) is 5.02 Å². The quantitative estimate of drug-likeness (QED) is 0.671. The van der Waals surface area contributed by atoms with E-state index in [9.17, 15) is 19.7 Å². The van der Waals surface area contributed by atoms with Crippen molar-refractivity contribution in [3.05, 3.63) is 68.2 Å². The number of nitrogens with two attached hydrogens (primary N) is 1. The van der Waals surface area contributed by atoms with E-state index in [1.54, 1.807) is 18.2 Å². The number of nitro groups is 1. The third-order valence-corrected chi connectivity index (χ3v) is 4.48. The maximum atomic E-state index is 12.9. The smallest absolute Gasteiger partial charge is 0.270 e. The van der Waals surface area contributed by atoms with Gasteiger partial charge in [-0.05, 0) is 36.6 Å². The first kappa shape index (κ1) is 16.9. The van der Waals surface area contributed by atoms with Gasteiger partial charge in [-0.1, -0.05) is 17.7 Å². The number of rotatable bonds is 3. The fraction of sp³-hybridized carbons (Fsp3) is 0.176. The second-order valence-electron chi connectivity index (χ2n) is 5.65. The van der Waals surface area contributed by atoms with E-state index in [0.717, 1.165) is 6.07 Å². The molecule has 0 unspecified atom stereocenters. The molecule has 25 heavy (non-hydrogen) atoms. The van der Waals surface area contributed by atoms with Crippen molar-refractivity contribution in [3.63, 3.8) is 0 Å². The Kier molecular flexibility index (Phi) is 4.41. The lowest BCUT2D eigenvalue weighted by molar-refractivity contribution is -0.384. The van der Waals surface area contributed by atoms with E-state index >= 15 is 0 Å². The topological polar surface area (TPSA) is 107 Å². The first-order valence-electron chi connectivity index (χ1n) is 7.57. The van der Waals surface area contributed by atoms with Gasteiger partial charge in [0.15, 0.2) is 0 Å². The van der Waals surface area contributed by atoms with Crippen LogP contribution < -0.4 is 10.6 Å². The number of nitro benzene ring substituents is 1. The number of non-ortho nitro benzene ring substituents is 1. The van der Waals surface area contributed by atoms with Crippen LogP contribution in [0.4, 0.5) is 11.4 Å². The SMILES string of the molecule is NC(=O)c1cccc2c1CCCN2C(=O)c1cc([N+](=O)[O-])ccc1Cl. The first-order valence-corrected chi connectivity index (χ1v) is 7.95. The molecule has 1 aliphatic rings. The standard InChI is InChI=1S/C17H14ClN3O4/c18-14-7-6-10(21(24)25)9-13(14)17(23)20-8-2-4-11-12(16(19)22)3-1-5-15(11)20/h1,3,5-7,9H,2,4,8H2,(H2,19,22). The molecule has 7 nitrogen and oxygen atoms in total. The van der Waals surface area contributed by atoms with Crippen molar-refractivity contribution in [2.75, 3.05) is 11.4 Å². The average molecular weight is 360 g/mol. The van der Waals surface area contributed by atoms with Gasteiger partial charge in [0, 0.05) is 29.9 Å². The molecule has 0 radical (unpaired) electrons. The van der Waals surface area contributed by atoms with Gasteiger partial charge in [0.05, 0.1) is 15.5 Å². The number of carbonyl (C=O) groups is 2. The summed E-state index contributed by atoms with van der Waals surface area (Å²) in [6.07, 6.45) is 1.27. The van der Waals surface area contributed by atoms with E-state index < -0.39 is 16.7 Å². The minimum atomic E-state index is -0.581. The van der Waals surface area contributed by atoms with Crippen molar-refractivity contribution < 1.29 is 14.5 Å². The predicted octanol–water partition coefficient (Wildman–Crippen LogP) is 2.94. The van der Waals surface area contributed by atoms with Gasteiger partial charge in [-0.3, -0.25) is 19.7 Å². The summed E-state index contributed by atoms with van der Waals surface area (Å²) < 4.78 is 0. The molecule has 0 spiro atoms. The lowest BCUT2D eigenvalue weighted by atomic mass is 9.95. The summed E-state index contributed by atoms with van der Waals surface area (Å²) in [6, 6.07) is 8.74. The van der Waals surface area contributed by atoms with Crippen molar-refractivity contribution in [2.24, 2.45) is 5.73 Å². The second kappa shape index (κ2) is 6.52. The summed E-state index contributed by atoms with van der Waals surface area (Å²) in [5.41, 5.74) is 6.91.